The fourth-order valence-electron chi connectivity index (χ4n) is 1.86. The van der Waals surface area contributed by atoms with Gasteiger partial charge in [-0.3, -0.25) is 9.59 Å². The van der Waals surface area contributed by atoms with Gasteiger partial charge in [0.25, 0.3) is 5.91 Å². The number of hydrogen-bond donors (Lipinski definition) is 3. The average molecular weight is 283 g/mol. The predicted octanol–water partition coefficient (Wildman–Crippen LogP) is 2.79. The molecule has 0 unspecified atom stereocenters. The maximum atomic E-state index is 12.1. The SMILES string of the molecule is CC(=O)Nc1ccc(NC(=O)c2ccc(N)c(C)c2)cc1. The van der Waals surface area contributed by atoms with Gasteiger partial charge in [-0.1, -0.05) is 0 Å². The zero-order valence-electron chi connectivity index (χ0n) is 11.9. The van der Waals surface area contributed by atoms with Crippen LogP contribution in [0.3, 0.4) is 0 Å². The van der Waals surface area contributed by atoms with Crippen molar-refractivity contribution in [1.82, 2.24) is 0 Å². The zero-order chi connectivity index (χ0) is 15.4. The topological polar surface area (TPSA) is 84.2 Å². The molecule has 0 radical (unpaired) electrons. The number of carbonyl (C=O) groups is 2. The molecule has 0 heterocycles. The number of anilines is 3. The van der Waals surface area contributed by atoms with Crippen molar-refractivity contribution in [2.75, 3.05) is 16.4 Å². The Labute approximate surface area is 123 Å². The largest absolute Gasteiger partial charge is 0.399 e. The average Bonchev–Trinajstić information content (AvgIpc) is 2.43. The molecule has 0 aliphatic carbocycles. The summed E-state index contributed by atoms with van der Waals surface area (Å²) < 4.78 is 0. The molecule has 5 nitrogen and oxygen atoms in total. The van der Waals surface area contributed by atoms with Gasteiger partial charge in [0.1, 0.15) is 0 Å². The van der Waals surface area contributed by atoms with E-state index in [0.29, 0.717) is 22.6 Å². The van der Waals surface area contributed by atoms with Crippen molar-refractivity contribution < 1.29 is 9.59 Å². The Kier molecular flexibility index (Phi) is 4.23. The Morgan fingerprint density at radius 1 is 0.952 bits per heavy atom. The van der Waals surface area contributed by atoms with Crippen molar-refractivity contribution in [3.8, 4) is 0 Å². The molecule has 2 amide bonds. The molecule has 0 saturated heterocycles. The van der Waals surface area contributed by atoms with Crippen molar-refractivity contribution in [2.45, 2.75) is 13.8 Å². The van der Waals surface area contributed by atoms with Crippen LogP contribution >= 0.6 is 0 Å². The number of amides is 2. The van der Waals surface area contributed by atoms with E-state index in [1.54, 1.807) is 42.5 Å². The van der Waals surface area contributed by atoms with E-state index in [1.165, 1.54) is 6.92 Å². The normalized spacial score (nSPS) is 10.0. The summed E-state index contributed by atoms with van der Waals surface area (Å²) in [6.07, 6.45) is 0. The maximum absolute atomic E-state index is 12.1. The fraction of sp³-hybridized carbons (Fsp3) is 0.125. The molecule has 0 aromatic heterocycles. The molecule has 0 aliphatic rings. The van der Waals surface area contributed by atoms with Crippen LogP contribution in [0.15, 0.2) is 42.5 Å². The van der Waals surface area contributed by atoms with E-state index < -0.39 is 0 Å². The van der Waals surface area contributed by atoms with E-state index in [0.717, 1.165) is 5.56 Å². The van der Waals surface area contributed by atoms with E-state index in [4.69, 9.17) is 5.73 Å². The molecule has 21 heavy (non-hydrogen) atoms. The minimum absolute atomic E-state index is 0.135. The number of benzene rings is 2. The number of nitrogens with one attached hydrogen (secondary N) is 2. The van der Waals surface area contributed by atoms with Gasteiger partial charge in [-0.2, -0.15) is 0 Å². The molecule has 0 saturated carbocycles. The van der Waals surface area contributed by atoms with Crippen molar-refractivity contribution >= 4 is 28.9 Å². The van der Waals surface area contributed by atoms with Gasteiger partial charge in [0.15, 0.2) is 0 Å². The predicted molar refractivity (Wildman–Crippen MR) is 84.3 cm³/mol. The fourth-order valence-corrected chi connectivity index (χ4v) is 1.86. The summed E-state index contributed by atoms with van der Waals surface area (Å²) in [5, 5.41) is 5.46. The quantitative estimate of drug-likeness (QED) is 0.757. The van der Waals surface area contributed by atoms with Gasteiger partial charge in [-0.25, -0.2) is 0 Å². The Balaban J connectivity index is 2.08. The molecular formula is C16H17N3O2. The third-order valence-corrected chi connectivity index (χ3v) is 3.00. The second-order valence-electron chi connectivity index (χ2n) is 4.78. The number of carbonyl (C=O) groups excluding carboxylic acids is 2. The maximum Gasteiger partial charge on any atom is 0.255 e. The van der Waals surface area contributed by atoms with Crippen LogP contribution in [0, 0.1) is 6.92 Å². The molecule has 4 N–H and O–H groups in total. The number of nitrogen functional groups attached to an aromatic ring is 1. The van der Waals surface area contributed by atoms with Crippen molar-refractivity contribution in [2.24, 2.45) is 0 Å². The Morgan fingerprint density at radius 2 is 1.52 bits per heavy atom. The Morgan fingerprint density at radius 3 is 2.05 bits per heavy atom. The lowest BCUT2D eigenvalue weighted by Crippen LogP contribution is -2.12. The van der Waals surface area contributed by atoms with Crippen LogP contribution in [0.2, 0.25) is 0 Å². The van der Waals surface area contributed by atoms with E-state index in [1.807, 2.05) is 6.92 Å². The molecule has 0 aliphatic heterocycles. The van der Waals surface area contributed by atoms with Gasteiger partial charge in [0.05, 0.1) is 0 Å². The van der Waals surface area contributed by atoms with Crippen LogP contribution in [0.5, 0.6) is 0 Å². The van der Waals surface area contributed by atoms with Gasteiger partial charge >= 0.3 is 0 Å². The molecule has 0 spiro atoms. The number of hydrogen-bond acceptors (Lipinski definition) is 3. The lowest BCUT2D eigenvalue weighted by molar-refractivity contribution is -0.114. The van der Waals surface area contributed by atoms with Gasteiger partial charge in [-0.05, 0) is 55.0 Å². The highest BCUT2D eigenvalue weighted by molar-refractivity contribution is 6.04. The Hall–Kier alpha value is -2.82. The summed E-state index contributed by atoms with van der Waals surface area (Å²) in [6.45, 7) is 3.30. The highest BCUT2D eigenvalue weighted by Crippen LogP contribution is 2.16. The van der Waals surface area contributed by atoms with Crippen molar-refractivity contribution in [3.63, 3.8) is 0 Å². The highest BCUT2D eigenvalue weighted by atomic mass is 16.2. The minimum atomic E-state index is -0.203. The first kappa shape index (κ1) is 14.6. The van der Waals surface area contributed by atoms with E-state index in [-0.39, 0.29) is 11.8 Å². The van der Waals surface area contributed by atoms with Crippen LogP contribution in [-0.2, 0) is 4.79 Å². The minimum Gasteiger partial charge on any atom is -0.399 e. The third-order valence-electron chi connectivity index (χ3n) is 3.00. The molecule has 2 rings (SSSR count). The van der Waals surface area contributed by atoms with Gasteiger partial charge in [-0.15, -0.1) is 0 Å². The zero-order valence-corrected chi connectivity index (χ0v) is 11.9. The highest BCUT2D eigenvalue weighted by Gasteiger charge is 2.07. The van der Waals surface area contributed by atoms with Crippen LogP contribution in [-0.4, -0.2) is 11.8 Å². The lowest BCUT2D eigenvalue weighted by atomic mass is 10.1. The third kappa shape index (κ3) is 3.82. The van der Waals surface area contributed by atoms with E-state index in [2.05, 4.69) is 10.6 Å². The summed E-state index contributed by atoms with van der Waals surface area (Å²) in [5.74, 6) is -0.338. The molecule has 2 aromatic carbocycles. The first-order valence-corrected chi connectivity index (χ1v) is 6.51. The first-order chi connectivity index (χ1) is 9.95. The molecule has 5 heteroatoms. The second-order valence-corrected chi connectivity index (χ2v) is 4.78. The van der Waals surface area contributed by atoms with Crippen LogP contribution in [0.25, 0.3) is 0 Å². The molecule has 108 valence electrons. The van der Waals surface area contributed by atoms with Gasteiger partial charge in [0, 0.05) is 29.5 Å². The molecular weight excluding hydrogens is 266 g/mol. The van der Waals surface area contributed by atoms with Crippen LogP contribution in [0.1, 0.15) is 22.8 Å². The lowest BCUT2D eigenvalue weighted by Gasteiger charge is -2.08. The summed E-state index contributed by atoms with van der Waals surface area (Å²) >= 11 is 0. The standard InChI is InChI=1S/C16H17N3O2/c1-10-9-12(3-8-15(10)17)16(21)19-14-6-4-13(5-7-14)18-11(2)20/h3-9H,17H2,1-2H3,(H,18,20)(H,19,21). The molecule has 0 atom stereocenters. The summed E-state index contributed by atoms with van der Waals surface area (Å²) in [6, 6.07) is 12.1. The monoisotopic (exact) mass is 283 g/mol. The van der Waals surface area contributed by atoms with E-state index >= 15 is 0 Å². The van der Waals surface area contributed by atoms with Gasteiger partial charge in [0.2, 0.25) is 5.91 Å². The summed E-state index contributed by atoms with van der Waals surface area (Å²) in [7, 11) is 0. The van der Waals surface area contributed by atoms with E-state index in [9.17, 15) is 9.59 Å². The first-order valence-electron chi connectivity index (χ1n) is 6.51. The van der Waals surface area contributed by atoms with Crippen molar-refractivity contribution in [1.29, 1.82) is 0 Å². The smallest absolute Gasteiger partial charge is 0.255 e. The Bertz CT molecular complexity index is 678. The molecule has 0 bridgehead atoms. The summed E-state index contributed by atoms with van der Waals surface area (Å²) in [5.41, 5.74) is 9.14. The summed E-state index contributed by atoms with van der Waals surface area (Å²) in [4.78, 5) is 23.0. The van der Waals surface area contributed by atoms with Gasteiger partial charge < -0.3 is 16.4 Å². The van der Waals surface area contributed by atoms with Crippen LogP contribution < -0.4 is 16.4 Å². The van der Waals surface area contributed by atoms with Crippen LogP contribution in [0.4, 0.5) is 17.1 Å². The van der Waals surface area contributed by atoms with Crippen molar-refractivity contribution in [3.05, 3.63) is 53.6 Å². The number of aryl methyl sites for hydroxylation is 1. The molecule has 0 fully saturated rings. The number of nitrogens with two attached hydrogens (primary N) is 1. The second kappa shape index (κ2) is 6.09. The number of rotatable bonds is 3. The molecule has 2 aromatic rings.